The summed E-state index contributed by atoms with van der Waals surface area (Å²) in [6.45, 7) is 4.78. The number of para-hydroxylation sites is 1. The van der Waals surface area contributed by atoms with E-state index in [4.69, 9.17) is 9.15 Å². The minimum absolute atomic E-state index is 0.206. The van der Waals surface area contributed by atoms with Crippen molar-refractivity contribution in [1.29, 1.82) is 0 Å². The first-order chi connectivity index (χ1) is 13.7. The summed E-state index contributed by atoms with van der Waals surface area (Å²) < 4.78 is 11.2. The number of unbranched alkanes of at least 4 members (excludes halogenated alkanes) is 1. The van der Waals surface area contributed by atoms with Gasteiger partial charge in [0.15, 0.2) is 0 Å². The second-order valence-electron chi connectivity index (χ2n) is 6.71. The predicted octanol–water partition coefficient (Wildman–Crippen LogP) is 5.87. The molecule has 0 unspecified atom stereocenters. The molecule has 1 aliphatic rings. The molecule has 3 aromatic rings. The normalized spacial score (nSPS) is 14.2. The van der Waals surface area contributed by atoms with E-state index >= 15 is 0 Å². The number of benzene rings is 2. The van der Waals surface area contributed by atoms with Crippen LogP contribution in [0.1, 0.15) is 37.9 Å². The summed E-state index contributed by atoms with van der Waals surface area (Å²) in [4.78, 5) is 9.03. The second kappa shape index (κ2) is 7.72. The van der Waals surface area contributed by atoms with Crippen LogP contribution in [0.25, 0.3) is 23.1 Å². The lowest BCUT2D eigenvalue weighted by molar-refractivity contribution is 0.309. The SMILES string of the molecule is CCCCOc1ccc(-c2nc(/C=C3\C(C)=Nc4ccccc43)c(O)o2)cc1. The molecule has 0 amide bonds. The predicted molar refractivity (Wildman–Crippen MR) is 111 cm³/mol. The van der Waals surface area contributed by atoms with Crippen LogP contribution >= 0.6 is 0 Å². The topological polar surface area (TPSA) is 67.9 Å². The molecule has 5 nitrogen and oxygen atoms in total. The van der Waals surface area contributed by atoms with E-state index in [0.29, 0.717) is 18.2 Å². The fraction of sp³-hybridized carbons (Fsp3) is 0.217. The van der Waals surface area contributed by atoms with Gasteiger partial charge in [-0.3, -0.25) is 4.99 Å². The van der Waals surface area contributed by atoms with Gasteiger partial charge in [0.1, 0.15) is 11.4 Å². The number of aliphatic imine (C=N–C) groups is 1. The highest BCUT2D eigenvalue weighted by Gasteiger charge is 2.20. The van der Waals surface area contributed by atoms with Crippen molar-refractivity contribution in [2.75, 3.05) is 6.61 Å². The Bertz CT molecular complexity index is 1050. The Morgan fingerprint density at radius 1 is 1.11 bits per heavy atom. The zero-order chi connectivity index (χ0) is 19.5. The third kappa shape index (κ3) is 3.56. The van der Waals surface area contributed by atoms with Crippen LogP contribution in [0.15, 0.2) is 57.9 Å². The third-order valence-corrected chi connectivity index (χ3v) is 4.66. The fourth-order valence-corrected chi connectivity index (χ4v) is 3.12. The van der Waals surface area contributed by atoms with E-state index < -0.39 is 0 Å². The number of allylic oxidation sites excluding steroid dienone is 1. The number of aromatic hydroxyl groups is 1. The van der Waals surface area contributed by atoms with E-state index in [1.54, 1.807) is 0 Å². The Hall–Kier alpha value is -3.34. The Kier molecular flexibility index (Phi) is 4.98. The zero-order valence-electron chi connectivity index (χ0n) is 16.0. The van der Waals surface area contributed by atoms with Gasteiger partial charge in [0.25, 0.3) is 0 Å². The highest BCUT2D eigenvalue weighted by Crippen LogP contribution is 2.37. The van der Waals surface area contributed by atoms with Crippen LogP contribution in [0.5, 0.6) is 11.7 Å². The summed E-state index contributed by atoms with van der Waals surface area (Å²) in [5.41, 5.74) is 4.94. The molecule has 2 heterocycles. The smallest absolute Gasteiger partial charge is 0.310 e. The number of fused-ring (bicyclic) bond motifs is 1. The van der Waals surface area contributed by atoms with Gasteiger partial charge in [-0.15, -0.1) is 0 Å². The number of hydrogen-bond acceptors (Lipinski definition) is 5. The largest absolute Gasteiger partial charge is 0.494 e. The quantitative estimate of drug-likeness (QED) is 0.548. The van der Waals surface area contributed by atoms with Crippen LogP contribution < -0.4 is 4.74 Å². The average Bonchev–Trinajstić information content (AvgIpc) is 3.23. The summed E-state index contributed by atoms with van der Waals surface area (Å²) in [5.74, 6) is 0.970. The summed E-state index contributed by atoms with van der Waals surface area (Å²) in [5, 5.41) is 10.2. The number of oxazole rings is 1. The molecule has 0 saturated heterocycles. The van der Waals surface area contributed by atoms with E-state index in [2.05, 4.69) is 16.9 Å². The Balaban J connectivity index is 1.59. The van der Waals surface area contributed by atoms with Crippen molar-refractivity contribution in [3.8, 4) is 23.1 Å². The minimum atomic E-state index is -0.206. The van der Waals surface area contributed by atoms with Gasteiger partial charge in [-0.1, -0.05) is 31.5 Å². The van der Waals surface area contributed by atoms with Gasteiger partial charge < -0.3 is 14.3 Å². The maximum atomic E-state index is 10.2. The van der Waals surface area contributed by atoms with Crippen molar-refractivity contribution < 1.29 is 14.3 Å². The van der Waals surface area contributed by atoms with Gasteiger partial charge in [0.05, 0.1) is 12.3 Å². The standard InChI is InChI=1S/C23H22N2O3/c1-3-4-13-27-17-11-9-16(10-12-17)22-25-21(23(26)28-22)14-19-15(2)24-20-8-6-5-7-18(19)20/h5-12,14,26H,3-4,13H2,1-2H3/b19-14+. The van der Waals surface area contributed by atoms with Crippen LogP contribution in [0.3, 0.4) is 0 Å². The maximum absolute atomic E-state index is 10.2. The molecule has 5 heteroatoms. The lowest BCUT2D eigenvalue weighted by atomic mass is 10.0. The van der Waals surface area contributed by atoms with E-state index in [1.165, 1.54) is 0 Å². The van der Waals surface area contributed by atoms with Gasteiger partial charge >= 0.3 is 5.95 Å². The Morgan fingerprint density at radius 3 is 2.68 bits per heavy atom. The van der Waals surface area contributed by atoms with Gasteiger partial charge in [-0.2, -0.15) is 0 Å². The minimum Gasteiger partial charge on any atom is -0.494 e. The molecule has 1 N–H and O–H groups in total. The number of rotatable bonds is 6. The Labute approximate surface area is 164 Å². The van der Waals surface area contributed by atoms with Gasteiger partial charge in [-0.25, -0.2) is 4.98 Å². The highest BCUT2D eigenvalue weighted by atomic mass is 16.5. The van der Waals surface area contributed by atoms with E-state index in [-0.39, 0.29) is 5.95 Å². The Morgan fingerprint density at radius 2 is 1.89 bits per heavy atom. The van der Waals surface area contributed by atoms with Gasteiger partial charge in [0, 0.05) is 22.4 Å². The van der Waals surface area contributed by atoms with Crippen molar-refractivity contribution in [2.45, 2.75) is 26.7 Å². The zero-order valence-corrected chi connectivity index (χ0v) is 16.0. The van der Waals surface area contributed by atoms with Gasteiger partial charge in [-0.05, 0) is 49.8 Å². The second-order valence-corrected chi connectivity index (χ2v) is 6.71. The van der Waals surface area contributed by atoms with Crippen LogP contribution in [0.2, 0.25) is 0 Å². The summed E-state index contributed by atoms with van der Waals surface area (Å²) in [7, 11) is 0. The molecular weight excluding hydrogens is 352 g/mol. The molecular formula is C23H22N2O3. The van der Waals surface area contributed by atoms with E-state index in [0.717, 1.165) is 46.7 Å². The van der Waals surface area contributed by atoms with Crippen molar-refractivity contribution in [2.24, 2.45) is 4.99 Å². The number of hydrogen-bond donors (Lipinski definition) is 1. The third-order valence-electron chi connectivity index (χ3n) is 4.66. The molecule has 0 saturated carbocycles. The highest BCUT2D eigenvalue weighted by molar-refractivity contribution is 6.31. The molecule has 0 aliphatic carbocycles. The molecule has 0 fully saturated rings. The number of nitrogens with zero attached hydrogens (tertiary/aromatic N) is 2. The van der Waals surface area contributed by atoms with Crippen molar-refractivity contribution >= 4 is 23.0 Å². The summed E-state index contributed by atoms with van der Waals surface area (Å²) >= 11 is 0. The van der Waals surface area contributed by atoms with Crippen molar-refractivity contribution in [1.82, 2.24) is 4.98 Å². The molecule has 28 heavy (non-hydrogen) atoms. The van der Waals surface area contributed by atoms with Gasteiger partial charge in [0.2, 0.25) is 5.89 Å². The van der Waals surface area contributed by atoms with Crippen molar-refractivity contribution in [3.63, 3.8) is 0 Å². The molecule has 1 aliphatic heterocycles. The molecule has 2 aromatic carbocycles. The van der Waals surface area contributed by atoms with Crippen molar-refractivity contribution in [3.05, 3.63) is 59.8 Å². The fourth-order valence-electron chi connectivity index (χ4n) is 3.12. The monoisotopic (exact) mass is 374 g/mol. The van der Waals surface area contributed by atoms with E-state index in [1.807, 2.05) is 61.5 Å². The van der Waals surface area contributed by atoms with Crippen LogP contribution in [-0.2, 0) is 0 Å². The van der Waals surface area contributed by atoms with Crippen LogP contribution in [0.4, 0.5) is 5.69 Å². The molecule has 4 rings (SSSR count). The molecule has 142 valence electrons. The average molecular weight is 374 g/mol. The molecule has 0 atom stereocenters. The van der Waals surface area contributed by atoms with Crippen LogP contribution in [-0.4, -0.2) is 22.4 Å². The summed E-state index contributed by atoms with van der Waals surface area (Å²) in [6.07, 6.45) is 3.94. The van der Waals surface area contributed by atoms with Crippen LogP contribution in [0, 0.1) is 0 Å². The number of aromatic nitrogens is 1. The first-order valence-corrected chi connectivity index (χ1v) is 9.45. The molecule has 1 aromatic heterocycles. The van der Waals surface area contributed by atoms with E-state index in [9.17, 15) is 5.11 Å². The lowest BCUT2D eigenvalue weighted by Gasteiger charge is -2.05. The first kappa shape index (κ1) is 18.0. The maximum Gasteiger partial charge on any atom is 0.310 e. The lowest BCUT2D eigenvalue weighted by Crippen LogP contribution is -1.95. The molecule has 0 bridgehead atoms. The number of ether oxygens (including phenoxy) is 1. The first-order valence-electron chi connectivity index (χ1n) is 9.45. The summed E-state index contributed by atoms with van der Waals surface area (Å²) in [6, 6.07) is 15.4. The molecule has 0 radical (unpaired) electrons. The molecule has 0 spiro atoms.